The largest absolute Gasteiger partial charge is 0.488 e. The van der Waals surface area contributed by atoms with Crippen molar-refractivity contribution in [1.29, 1.82) is 0 Å². The van der Waals surface area contributed by atoms with Gasteiger partial charge in [0, 0.05) is 37.0 Å². The van der Waals surface area contributed by atoms with E-state index in [2.05, 4.69) is 42.2 Å². The molecule has 1 aliphatic rings. The van der Waals surface area contributed by atoms with Gasteiger partial charge in [0.25, 0.3) is 0 Å². The summed E-state index contributed by atoms with van der Waals surface area (Å²) in [5, 5.41) is 3.40. The van der Waals surface area contributed by atoms with Gasteiger partial charge in [-0.1, -0.05) is 13.8 Å². The summed E-state index contributed by atoms with van der Waals surface area (Å²) in [6, 6.07) is 7.35. The van der Waals surface area contributed by atoms with E-state index >= 15 is 0 Å². The van der Waals surface area contributed by atoms with Crippen molar-refractivity contribution in [3.63, 3.8) is 0 Å². The van der Waals surface area contributed by atoms with E-state index in [0.717, 1.165) is 30.8 Å². The minimum Gasteiger partial charge on any atom is -0.488 e. The lowest BCUT2D eigenvalue weighted by molar-refractivity contribution is 0.209. The van der Waals surface area contributed by atoms with Crippen LogP contribution in [0.5, 0.6) is 5.75 Å². The second-order valence-electron chi connectivity index (χ2n) is 5.95. The molecule has 4 heteroatoms. The Bertz CT molecular complexity index is 621. The van der Waals surface area contributed by atoms with Crippen molar-refractivity contribution < 1.29 is 9.13 Å². The van der Waals surface area contributed by atoms with Crippen molar-refractivity contribution in [2.45, 2.75) is 45.5 Å². The average molecular weight is 288 g/mol. The average Bonchev–Trinajstić information content (AvgIpc) is 3.02. The molecule has 0 radical (unpaired) electrons. The molecule has 0 amide bonds. The molecular weight excluding hydrogens is 267 g/mol. The van der Waals surface area contributed by atoms with Gasteiger partial charge in [0.05, 0.1) is 6.54 Å². The van der Waals surface area contributed by atoms with Crippen LogP contribution in [0.25, 0.3) is 0 Å². The molecule has 21 heavy (non-hydrogen) atoms. The number of fused-ring (bicyclic) bond motifs is 1. The SMILES string of the molecule is CC(C)NCc1ccn(CC2Cc3cc(F)ccc3O2)c1. The molecule has 1 aliphatic heterocycles. The Balaban J connectivity index is 1.59. The number of ether oxygens (including phenoxy) is 1. The summed E-state index contributed by atoms with van der Waals surface area (Å²) >= 11 is 0. The fourth-order valence-corrected chi connectivity index (χ4v) is 2.66. The lowest BCUT2D eigenvalue weighted by atomic mass is 10.1. The van der Waals surface area contributed by atoms with Crippen LogP contribution >= 0.6 is 0 Å². The molecule has 0 aliphatic carbocycles. The van der Waals surface area contributed by atoms with Gasteiger partial charge >= 0.3 is 0 Å². The molecule has 0 fully saturated rings. The normalized spacial score (nSPS) is 17.0. The zero-order valence-electron chi connectivity index (χ0n) is 12.5. The Hall–Kier alpha value is -1.81. The van der Waals surface area contributed by atoms with Gasteiger partial charge in [-0.3, -0.25) is 0 Å². The van der Waals surface area contributed by atoms with E-state index in [0.29, 0.717) is 6.04 Å². The zero-order chi connectivity index (χ0) is 14.8. The lowest BCUT2D eigenvalue weighted by Gasteiger charge is -2.11. The van der Waals surface area contributed by atoms with Crippen molar-refractivity contribution in [2.75, 3.05) is 0 Å². The molecule has 0 spiro atoms. The third kappa shape index (κ3) is 3.45. The van der Waals surface area contributed by atoms with Gasteiger partial charge in [-0.05, 0) is 29.8 Å². The van der Waals surface area contributed by atoms with Crippen molar-refractivity contribution in [1.82, 2.24) is 9.88 Å². The number of hydrogen-bond acceptors (Lipinski definition) is 2. The van der Waals surface area contributed by atoms with Gasteiger partial charge in [-0.25, -0.2) is 4.39 Å². The molecule has 1 aromatic carbocycles. The maximum absolute atomic E-state index is 13.2. The molecule has 0 saturated carbocycles. The van der Waals surface area contributed by atoms with Crippen molar-refractivity contribution in [3.05, 3.63) is 53.6 Å². The molecule has 112 valence electrons. The topological polar surface area (TPSA) is 26.2 Å². The third-order valence-corrected chi connectivity index (χ3v) is 3.70. The van der Waals surface area contributed by atoms with E-state index in [1.165, 1.54) is 11.6 Å². The molecule has 3 rings (SSSR count). The predicted octanol–water partition coefficient (Wildman–Crippen LogP) is 3.13. The number of nitrogens with zero attached hydrogens (tertiary/aromatic N) is 1. The monoisotopic (exact) mass is 288 g/mol. The quantitative estimate of drug-likeness (QED) is 0.915. The fraction of sp³-hybridized carbons (Fsp3) is 0.412. The van der Waals surface area contributed by atoms with E-state index in [-0.39, 0.29) is 11.9 Å². The summed E-state index contributed by atoms with van der Waals surface area (Å²) in [5.74, 6) is 0.622. The van der Waals surface area contributed by atoms with Gasteiger partial charge in [-0.15, -0.1) is 0 Å². The minimum atomic E-state index is -0.194. The highest BCUT2D eigenvalue weighted by molar-refractivity contribution is 5.37. The summed E-state index contributed by atoms with van der Waals surface area (Å²) in [6.45, 7) is 5.94. The Morgan fingerprint density at radius 2 is 2.24 bits per heavy atom. The minimum absolute atomic E-state index is 0.0834. The van der Waals surface area contributed by atoms with Crippen LogP contribution in [0.1, 0.15) is 25.0 Å². The first-order chi connectivity index (χ1) is 10.1. The van der Waals surface area contributed by atoms with E-state index in [9.17, 15) is 4.39 Å². The van der Waals surface area contributed by atoms with Crippen LogP contribution in [-0.4, -0.2) is 16.7 Å². The number of halogens is 1. The second kappa shape index (κ2) is 5.90. The first-order valence-corrected chi connectivity index (χ1v) is 7.43. The highest BCUT2D eigenvalue weighted by Crippen LogP contribution is 2.29. The van der Waals surface area contributed by atoms with Gasteiger partial charge in [-0.2, -0.15) is 0 Å². The van der Waals surface area contributed by atoms with Crippen LogP contribution in [0.2, 0.25) is 0 Å². The summed E-state index contributed by atoms with van der Waals surface area (Å²) < 4.78 is 21.2. The number of nitrogens with one attached hydrogen (secondary N) is 1. The van der Waals surface area contributed by atoms with Crippen molar-refractivity contribution in [3.8, 4) is 5.75 Å². The van der Waals surface area contributed by atoms with Gasteiger partial charge in [0.2, 0.25) is 0 Å². The molecule has 1 aromatic heterocycles. The zero-order valence-corrected chi connectivity index (χ0v) is 12.5. The highest BCUT2D eigenvalue weighted by atomic mass is 19.1. The predicted molar refractivity (Wildman–Crippen MR) is 80.9 cm³/mol. The molecular formula is C17H21FN2O. The molecule has 0 bridgehead atoms. The van der Waals surface area contributed by atoms with Crippen LogP contribution in [0.4, 0.5) is 4.39 Å². The van der Waals surface area contributed by atoms with Crippen LogP contribution in [0.3, 0.4) is 0 Å². The Kier molecular flexibility index (Phi) is 3.97. The van der Waals surface area contributed by atoms with E-state index in [1.807, 2.05) is 0 Å². The molecule has 2 heterocycles. The number of benzene rings is 1. The van der Waals surface area contributed by atoms with Gasteiger partial charge in [0.15, 0.2) is 0 Å². The lowest BCUT2D eigenvalue weighted by Crippen LogP contribution is -2.22. The number of rotatable bonds is 5. The number of aromatic nitrogens is 1. The maximum atomic E-state index is 13.2. The van der Waals surface area contributed by atoms with Crippen LogP contribution in [0, 0.1) is 5.82 Å². The molecule has 1 N–H and O–H groups in total. The standard InChI is InChI=1S/C17H21FN2O/c1-12(2)19-9-13-5-6-20(10-13)11-16-8-14-7-15(18)3-4-17(14)21-16/h3-7,10,12,16,19H,8-9,11H2,1-2H3. The fourth-order valence-electron chi connectivity index (χ4n) is 2.66. The van der Waals surface area contributed by atoms with Crippen molar-refractivity contribution in [2.24, 2.45) is 0 Å². The second-order valence-corrected chi connectivity index (χ2v) is 5.95. The summed E-state index contributed by atoms with van der Waals surface area (Å²) in [6.07, 6.45) is 5.07. The Morgan fingerprint density at radius 3 is 3.05 bits per heavy atom. The van der Waals surface area contributed by atoms with Gasteiger partial charge in [0.1, 0.15) is 17.7 Å². The molecule has 1 atom stereocenters. The summed E-state index contributed by atoms with van der Waals surface area (Å²) in [7, 11) is 0. The third-order valence-electron chi connectivity index (χ3n) is 3.70. The summed E-state index contributed by atoms with van der Waals surface area (Å²) in [5.41, 5.74) is 2.24. The Morgan fingerprint density at radius 1 is 1.38 bits per heavy atom. The van der Waals surface area contributed by atoms with Crippen LogP contribution in [-0.2, 0) is 19.5 Å². The first kappa shape index (κ1) is 14.1. The highest BCUT2D eigenvalue weighted by Gasteiger charge is 2.23. The molecule has 0 saturated heterocycles. The van der Waals surface area contributed by atoms with E-state index < -0.39 is 0 Å². The summed E-state index contributed by atoms with van der Waals surface area (Å²) in [4.78, 5) is 0. The first-order valence-electron chi connectivity index (χ1n) is 7.43. The molecule has 1 unspecified atom stereocenters. The van der Waals surface area contributed by atoms with E-state index in [1.54, 1.807) is 12.1 Å². The van der Waals surface area contributed by atoms with Gasteiger partial charge < -0.3 is 14.6 Å². The van der Waals surface area contributed by atoms with Crippen molar-refractivity contribution >= 4 is 0 Å². The van der Waals surface area contributed by atoms with E-state index in [4.69, 9.17) is 4.74 Å². The van der Waals surface area contributed by atoms with Crippen LogP contribution in [0.15, 0.2) is 36.7 Å². The Labute approximate surface area is 124 Å². The van der Waals surface area contributed by atoms with Crippen LogP contribution < -0.4 is 10.1 Å². The molecule has 3 nitrogen and oxygen atoms in total. The molecule has 2 aromatic rings. The smallest absolute Gasteiger partial charge is 0.123 e. The maximum Gasteiger partial charge on any atom is 0.123 e. The number of hydrogen-bond donors (Lipinski definition) is 1.